The molecular weight excluding hydrogens is 264 g/mol. The molecule has 21 heavy (non-hydrogen) atoms. The van der Waals surface area contributed by atoms with Gasteiger partial charge in [-0.25, -0.2) is 0 Å². The van der Waals surface area contributed by atoms with Gasteiger partial charge in [0.1, 0.15) is 0 Å². The molecule has 1 heterocycles. The first-order valence-electron chi connectivity index (χ1n) is 8.42. The molecule has 0 spiro atoms. The van der Waals surface area contributed by atoms with Gasteiger partial charge in [0.05, 0.1) is 0 Å². The first kappa shape index (κ1) is 19.9. The van der Waals surface area contributed by atoms with Gasteiger partial charge in [-0.3, -0.25) is 9.59 Å². The molecule has 1 saturated heterocycles. The van der Waals surface area contributed by atoms with E-state index in [-0.39, 0.29) is 24.2 Å². The van der Waals surface area contributed by atoms with Crippen LogP contribution >= 0.6 is 0 Å². The van der Waals surface area contributed by atoms with Gasteiger partial charge in [-0.15, -0.1) is 0 Å². The van der Waals surface area contributed by atoms with Crippen molar-refractivity contribution in [3.8, 4) is 0 Å². The van der Waals surface area contributed by atoms with Crippen LogP contribution in [0.5, 0.6) is 0 Å². The van der Waals surface area contributed by atoms with Crippen LogP contribution in [0, 0.1) is 11.8 Å². The highest BCUT2D eigenvalue weighted by atomic mass is 16.2. The first-order chi connectivity index (χ1) is 9.83. The molecule has 0 aromatic carbocycles. The average molecular weight is 298 g/mol. The van der Waals surface area contributed by atoms with Gasteiger partial charge >= 0.3 is 0 Å². The third-order valence-corrected chi connectivity index (χ3v) is 3.64. The lowest BCUT2D eigenvalue weighted by Gasteiger charge is -2.36. The molecule has 0 aliphatic carbocycles. The maximum absolute atomic E-state index is 12.5. The van der Waals surface area contributed by atoms with Gasteiger partial charge in [0.15, 0.2) is 0 Å². The Morgan fingerprint density at radius 3 is 2.24 bits per heavy atom. The van der Waals surface area contributed by atoms with Crippen LogP contribution < -0.4 is 5.73 Å². The van der Waals surface area contributed by atoms with Crippen LogP contribution in [0.2, 0.25) is 0 Å². The van der Waals surface area contributed by atoms with Crippen molar-refractivity contribution in [1.82, 2.24) is 4.90 Å². The van der Waals surface area contributed by atoms with E-state index in [0.29, 0.717) is 12.0 Å². The fourth-order valence-electron chi connectivity index (χ4n) is 2.74. The molecule has 0 saturated carbocycles. The molecule has 1 aliphatic heterocycles. The summed E-state index contributed by atoms with van der Waals surface area (Å²) >= 11 is 0. The quantitative estimate of drug-likeness (QED) is 0.846. The van der Waals surface area contributed by atoms with E-state index in [1.165, 1.54) is 12.8 Å². The lowest BCUT2D eigenvalue weighted by molar-refractivity contribution is -0.141. The zero-order chi connectivity index (χ0) is 16.4. The minimum Gasteiger partial charge on any atom is -0.370 e. The summed E-state index contributed by atoms with van der Waals surface area (Å²) < 4.78 is 0. The Morgan fingerprint density at radius 1 is 1.24 bits per heavy atom. The molecule has 0 aromatic rings. The zero-order valence-corrected chi connectivity index (χ0v) is 14.5. The minimum atomic E-state index is -0.376. The van der Waals surface area contributed by atoms with E-state index in [4.69, 9.17) is 5.73 Å². The van der Waals surface area contributed by atoms with E-state index < -0.39 is 0 Å². The Hall–Kier alpha value is -1.06. The van der Waals surface area contributed by atoms with Crippen LogP contribution in [-0.4, -0.2) is 29.3 Å². The molecule has 2 N–H and O–H groups in total. The molecule has 2 amide bonds. The second-order valence-electron chi connectivity index (χ2n) is 6.58. The molecule has 0 aromatic heterocycles. The average Bonchev–Trinajstić information content (AvgIpc) is 2.37. The molecule has 4 nitrogen and oxygen atoms in total. The van der Waals surface area contributed by atoms with Crippen LogP contribution in [0.1, 0.15) is 73.1 Å². The second kappa shape index (κ2) is 10.6. The van der Waals surface area contributed by atoms with E-state index >= 15 is 0 Å². The van der Waals surface area contributed by atoms with Gasteiger partial charge in [0, 0.05) is 24.9 Å². The summed E-state index contributed by atoms with van der Waals surface area (Å²) in [5.41, 5.74) is 5.26. The standard InChI is InChI=1S/C14H26N2O2.C3H8/c1-10(2)8-12(9-13(15)17)14(18)16-7-5-4-6-11(16)3;1-3-2/h10-12H,4-9H2,1-3H3,(H2,15,17);3H2,1-2H3. The number of likely N-dealkylation sites (tertiary alicyclic amines) is 1. The highest BCUT2D eigenvalue weighted by molar-refractivity contribution is 5.85. The zero-order valence-electron chi connectivity index (χ0n) is 14.5. The number of primary amides is 1. The lowest BCUT2D eigenvalue weighted by atomic mass is 9.91. The summed E-state index contributed by atoms with van der Waals surface area (Å²) in [7, 11) is 0. The summed E-state index contributed by atoms with van der Waals surface area (Å²) in [4.78, 5) is 25.6. The number of nitrogens with zero attached hydrogens (tertiary/aromatic N) is 1. The Labute approximate surface area is 130 Å². The fraction of sp³-hybridized carbons (Fsp3) is 0.882. The predicted octanol–water partition coefficient (Wildman–Crippen LogP) is 3.34. The van der Waals surface area contributed by atoms with Crippen molar-refractivity contribution in [2.24, 2.45) is 17.6 Å². The van der Waals surface area contributed by atoms with Gasteiger partial charge in [-0.05, 0) is 38.5 Å². The number of nitrogens with two attached hydrogens (primary N) is 1. The smallest absolute Gasteiger partial charge is 0.226 e. The molecule has 2 unspecified atom stereocenters. The number of amides is 2. The number of piperidine rings is 1. The van der Waals surface area contributed by atoms with Gasteiger partial charge in [0.25, 0.3) is 0 Å². The molecular formula is C17H34N2O2. The number of hydrogen-bond acceptors (Lipinski definition) is 2. The number of carbonyl (C=O) groups is 2. The number of rotatable bonds is 5. The molecule has 124 valence electrons. The molecule has 4 heteroatoms. The Bertz CT molecular complexity index is 316. The summed E-state index contributed by atoms with van der Waals surface area (Å²) in [5.74, 6) is -0.0881. The van der Waals surface area contributed by atoms with Crippen LogP contribution in [0.25, 0.3) is 0 Å². The van der Waals surface area contributed by atoms with E-state index in [2.05, 4.69) is 34.6 Å². The van der Waals surface area contributed by atoms with Crippen molar-refractivity contribution in [2.45, 2.75) is 79.2 Å². The van der Waals surface area contributed by atoms with Crippen LogP contribution in [0.15, 0.2) is 0 Å². The molecule has 2 atom stereocenters. The van der Waals surface area contributed by atoms with E-state index in [1.807, 2.05) is 4.90 Å². The van der Waals surface area contributed by atoms with E-state index in [0.717, 1.165) is 25.8 Å². The van der Waals surface area contributed by atoms with E-state index in [1.54, 1.807) is 0 Å². The summed E-state index contributed by atoms with van der Waals surface area (Å²) in [6.07, 6.45) is 5.50. The third kappa shape index (κ3) is 8.08. The summed E-state index contributed by atoms with van der Waals surface area (Å²) in [6.45, 7) is 11.3. The van der Waals surface area contributed by atoms with E-state index in [9.17, 15) is 9.59 Å². The Balaban J connectivity index is 0.00000122. The third-order valence-electron chi connectivity index (χ3n) is 3.64. The van der Waals surface area contributed by atoms with Crippen LogP contribution in [0.4, 0.5) is 0 Å². The molecule has 1 fully saturated rings. The van der Waals surface area contributed by atoms with Crippen LogP contribution in [-0.2, 0) is 9.59 Å². The summed E-state index contributed by atoms with van der Waals surface area (Å²) in [6, 6.07) is 0.300. The van der Waals surface area contributed by atoms with Crippen LogP contribution in [0.3, 0.4) is 0 Å². The molecule has 0 bridgehead atoms. The number of carbonyl (C=O) groups excluding carboxylic acids is 2. The van der Waals surface area contributed by atoms with Gasteiger partial charge < -0.3 is 10.6 Å². The highest BCUT2D eigenvalue weighted by Crippen LogP contribution is 2.23. The largest absolute Gasteiger partial charge is 0.370 e. The lowest BCUT2D eigenvalue weighted by Crippen LogP contribution is -2.46. The number of hydrogen-bond donors (Lipinski definition) is 1. The fourth-order valence-corrected chi connectivity index (χ4v) is 2.74. The first-order valence-corrected chi connectivity index (χ1v) is 8.42. The highest BCUT2D eigenvalue weighted by Gasteiger charge is 2.30. The topological polar surface area (TPSA) is 63.4 Å². The predicted molar refractivity (Wildman–Crippen MR) is 87.7 cm³/mol. The van der Waals surface area contributed by atoms with Crippen molar-refractivity contribution < 1.29 is 9.59 Å². The minimum absolute atomic E-state index is 0.120. The maximum Gasteiger partial charge on any atom is 0.226 e. The van der Waals surface area contributed by atoms with Crippen molar-refractivity contribution in [2.75, 3.05) is 6.54 Å². The normalized spacial score (nSPS) is 19.7. The molecule has 1 aliphatic rings. The monoisotopic (exact) mass is 298 g/mol. The second-order valence-corrected chi connectivity index (χ2v) is 6.58. The van der Waals surface area contributed by atoms with Crippen molar-refractivity contribution in [3.63, 3.8) is 0 Å². The van der Waals surface area contributed by atoms with Crippen molar-refractivity contribution in [3.05, 3.63) is 0 Å². The Morgan fingerprint density at radius 2 is 1.81 bits per heavy atom. The van der Waals surface area contributed by atoms with Crippen molar-refractivity contribution >= 4 is 11.8 Å². The SMILES string of the molecule is CC(C)CC(CC(N)=O)C(=O)N1CCCCC1C.CCC. The maximum atomic E-state index is 12.5. The van der Waals surface area contributed by atoms with Crippen molar-refractivity contribution in [1.29, 1.82) is 0 Å². The molecule has 0 radical (unpaired) electrons. The summed E-state index contributed by atoms with van der Waals surface area (Å²) in [5, 5.41) is 0. The van der Waals surface area contributed by atoms with Gasteiger partial charge in [-0.2, -0.15) is 0 Å². The molecule has 1 rings (SSSR count). The van der Waals surface area contributed by atoms with Gasteiger partial charge in [-0.1, -0.05) is 34.1 Å². The Kier molecular flexibility index (Phi) is 10.1. The van der Waals surface area contributed by atoms with Gasteiger partial charge in [0.2, 0.25) is 11.8 Å².